The normalized spacial score (nSPS) is 12.0. The first-order valence-electron chi connectivity index (χ1n) is 5.92. The Morgan fingerprint density at radius 2 is 2.24 bits per heavy atom. The van der Waals surface area contributed by atoms with Crippen LogP contribution in [-0.2, 0) is 11.3 Å². The van der Waals surface area contributed by atoms with Gasteiger partial charge in [0, 0.05) is 25.5 Å². The minimum atomic E-state index is -0.802. The van der Waals surface area contributed by atoms with Gasteiger partial charge in [-0.1, -0.05) is 6.92 Å². The van der Waals surface area contributed by atoms with Gasteiger partial charge >= 0.3 is 5.97 Å². The maximum absolute atomic E-state index is 11.2. The fraction of sp³-hybridized carbons (Fsp3) is 0.667. The standard InChI is InChI=1S/C12H21N3O2/c1-4-15(12(2,3)11(16)17)8-5-7-14-9-6-13-10-14/h6,9-10H,4-5,7-8H2,1-3H3,(H,16,17). The molecule has 0 aliphatic rings. The van der Waals surface area contributed by atoms with Crippen LogP contribution in [-0.4, -0.2) is 44.2 Å². The first-order valence-corrected chi connectivity index (χ1v) is 5.92. The highest BCUT2D eigenvalue weighted by atomic mass is 16.4. The van der Waals surface area contributed by atoms with Gasteiger partial charge in [0.25, 0.3) is 0 Å². The number of carboxylic acids is 1. The van der Waals surface area contributed by atoms with Gasteiger partial charge in [-0.05, 0) is 26.8 Å². The zero-order chi connectivity index (χ0) is 12.9. The average molecular weight is 239 g/mol. The Kier molecular flexibility index (Phi) is 4.69. The van der Waals surface area contributed by atoms with Crippen LogP contribution < -0.4 is 0 Å². The molecule has 0 spiro atoms. The number of carbonyl (C=O) groups is 1. The molecule has 0 saturated carbocycles. The Morgan fingerprint density at radius 1 is 1.53 bits per heavy atom. The summed E-state index contributed by atoms with van der Waals surface area (Å²) >= 11 is 0. The van der Waals surface area contributed by atoms with Crippen LogP contribution >= 0.6 is 0 Å². The van der Waals surface area contributed by atoms with Crippen molar-refractivity contribution in [2.24, 2.45) is 0 Å². The number of aryl methyl sites for hydroxylation is 1. The maximum Gasteiger partial charge on any atom is 0.323 e. The van der Waals surface area contributed by atoms with Crippen LogP contribution in [0, 0.1) is 0 Å². The SMILES string of the molecule is CCN(CCCn1ccnc1)C(C)(C)C(=O)O. The molecule has 1 heterocycles. The summed E-state index contributed by atoms with van der Waals surface area (Å²) in [6, 6.07) is 0. The van der Waals surface area contributed by atoms with E-state index in [0.717, 1.165) is 26.1 Å². The van der Waals surface area contributed by atoms with E-state index in [1.165, 1.54) is 0 Å². The van der Waals surface area contributed by atoms with Gasteiger partial charge in [0.15, 0.2) is 0 Å². The van der Waals surface area contributed by atoms with Crippen molar-refractivity contribution < 1.29 is 9.90 Å². The van der Waals surface area contributed by atoms with Gasteiger partial charge < -0.3 is 9.67 Å². The lowest BCUT2D eigenvalue weighted by Gasteiger charge is -2.34. The molecule has 5 nitrogen and oxygen atoms in total. The number of carboxylic acid groups (broad SMARTS) is 1. The molecule has 0 fully saturated rings. The Labute approximate surface area is 102 Å². The van der Waals surface area contributed by atoms with E-state index >= 15 is 0 Å². The van der Waals surface area contributed by atoms with Crippen molar-refractivity contribution in [1.29, 1.82) is 0 Å². The molecule has 0 saturated heterocycles. The van der Waals surface area contributed by atoms with E-state index in [2.05, 4.69) is 4.98 Å². The molecule has 1 aromatic heterocycles. The van der Waals surface area contributed by atoms with Gasteiger partial charge in [-0.15, -0.1) is 0 Å². The fourth-order valence-electron chi connectivity index (χ4n) is 1.83. The van der Waals surface area contributed by atoms with Crippen LogP contribution in [0.15, 0.2) is 18.7 Å². The molecule has 1 N–H and O–H groups in total. The molecule has 0 atom stereocenters. The number of hydrogen-bond donors (Lipinski definition) is 1. The van der Waals surface area contributed by atoms with Crippen molar-refractivity contribution in [3.63, 3.8) is 0 Å². The molecule has 0 aliphatic carbocycles. The highest BCUT2D eigenvalue weighted by molar-refractivity contribution is 5.77. The first-order chi connectivity index (χ1) is 7.98. The minimum absolute atomic E-state index is 0.739. The molecule has 96 valence electrons. The summed E-state index contributed by atoms with van der Waals surface area (Å²) in [5, 5.41) is 9.17. The third-order valence-corrected chi connectivity index (χ3v) is 3.10. The number of imidazole rings is 1. The van der Waals surface area contributed by atoms with E-state index in [1.54, 1.807) is 26.4 Å². The highest BCUT2D eigenvalue weighted by Gasteiger charge is 2.32. The summed E-state index contributed by atoms with van der Waals surface area (Å²) in [4.78, 5) is 17.1. The summed E-state index contributed by atoms with van der Waals surface area (Å²) in [6.45, 7) is 7.86. The van der Waals surface area contributed by atoms with Crippen molar-refractivity contribution in [3.8, 4) is 0 Å². The molecule has 17 heavy (non-hydrogen) atoms. The molecule has 0 bridgehead atoms. The Hall–Kier alpha value is -1.36. The lowest BCUT2D eigenvalue weighted by Crippen LogP contribution is -2.50. The quantitative estimate of drug-likeness (QED) is 0.782. The van der Waals surface area contributed by atoms with E-state index < -0.39 is 11.5 Å². The molecule has 0 unspecified atom stereocenters. The van der Waals surface area contributed by atoms with Crippen LogP contribution in [0.4, 0.5) is 0 Å². The molecule has 0 amide bonds. The van der Waals surface area contributed by atoms with E-state index in [1.807, 2.05) is 22.6 Å². The lowest BCUT2D eigenvalue weighted by molar-refractivity contribution is -0.149. The molecular formula is C12H21N3O2. The van der Waals surface area contributed by atoms with E-state index in [9.17, 15) is 4.79 Å². The topological polar surface area (TPSA) is 58.4 Å². The second kappa shape index (κ2) is 5.82. The molecular weight excluding hydrogens is 218 g/mol. The summed E-state index contributed by atoms with van der Waals surface area (Å²) < 4.78 is 2.00. The van der Waals surface area contributed by atoms with Gasteiger partial charge in [-0.2, -0.15) is 0 Å². The largest absolute Gasteiger partial charge is 0.480 e. The summed E-state index contributed by atoms with van der Waals surface area (Å²) in [6.07, 6.45) is 6.36. The van der Waals surface area contributed by atoms with Gasteiger partial charge in [0.05, 0.1) is 6.33 Å². The zero-order valence-electron chi connectivity index (χ0n) is 10.8. The second-order valence-electron chi connectivity index (χ2n) is 4.60. The lowest BCUT2D eigenvalue weighted by atomic mass is 10.0. The second-order valence-corrected chi connectivity index (χ2v) is 4.60. The van der Waals surface area contributed by atoms with E-state index in [4.69, 9.17) is 5.11 Å². The van der Waals surface area contributed by atoms with Gasteiger partial charge in [-0.25, -0.2) is 4.98 Å². The molecule has 1 aromatic rings. The molecule has 5 heteroatoms. The van der Waals surface area contributed by atoms with Crippen molar-refractivity contribution in [2.75, 3.05) is 13.1 Å². The van der Waals surface area contributed by atoms with E-state index in [0.29, 0.717) is 0 Å². The van der Waals surface area contributed by atoms with Crippen molar-refractivity contribution in [2.45, 2.75) is 39.3 Å². The van der Waals surface area contributed by atoms with Crippen LogP contribution in [0.3, 0.4) is 0 Å². The minimum Gasteiger partial charge on any atom is -0.480 e. The number of aliphatic carboxylic acids is 1. The number of likely N-dealkylation sites (N-methyl/N-ethyl adjacent to an activating group) is 1. The van der Waals surface area contributed by atoms with Crippen molar-refractivity contribution in [1.82, 2.24) is 14.5 Å². The molecule has 0 aliphatic heterocycles. The smallest absolute Gasteiger partial charge is 0.323 e. The molecule has 0 aromatic carbocycles. The highest BCUT2D eigenvalue weighted by Crippen LogP contribution is 2.14. The van der Waals surface area contributed by atoms with Crippen molar-refractivity contribution in [3.05, 3.63) is 18.7 Å². The van der Waals surface area contributed by atoms with Crippen LogP contribution in [0.25, 0.3) is 0 Å². The average Bonchev–Trinajstić information content (AvgIpc) is 2.76. The third kappa shape index (κ3) is 3.56. The number of hydrogen-bond acceptors (Lipinski definition) is 3. The number of rotatable bonds is 7. The summed E-state index contributed by atoms with van der Waals surface area (Å²) in [7, 11) is 0. The fourth-order valence-corrected chi connectivity index (χ4v) is 1.83. The maximum atomic E-state index is 11.2. The summed E-state index contributed by atoms with van der Waals surface area (Å²) in [5.74, 6) is -0.776. The van der Waals surface area contributed by atoms with E-state index in [-0.39, 0.29) is 0 Å². The van der Waals surface area contributed by atoms with Crippen LogP contribution in [0.5, 0.6) is 0 Å². The molecule has 1 rings (SSSR count). The Morgan fingerprint density at radius 3 is 2.71 bits per heavy atom. The Bertz CT molecular complexity index is 347. The van der Waals surface area contributed by atoms with Crippen LogP contribution in [0.2, 0.25) is 0 Å². The van der Waals surface area contributed by atoms with Crippen LogP contribution in [0.1, 0.15) is 27.2 Å². The Balaban J connectivity index is 2.45. The third-order valence-electron chi connectivity index (χ3n) is 3.10. The monoisotopic (exact) mass is 239 g/mol. The first kappa shape index (κ1) is 13.7. The predicted molar refractivity (Wildman–Crippen MR) is 65.8 cm³/mol. The van der Waals surface area contributed by atoms with Crippen molar-refractivity contribution >= 4 is 5.97 Å². The molecule has 0 radical (unpaired) electrons. The van der Waals surface area contributed by atoms with Gasteiger partial charge in [0.2, 0.25) is 0 Å². The zero-order valence-corrected chi connectivity index (χ0v) is 10.8. The predicted octanol–water partition coefficient (Wildman–Crippen LogP) is 1.46. The van der Waals surface area contributed by atoms with Gasteiger partial charge in [0.1, 0.15) is 5.54 Å². The number of aromatic nitrogens is 2. The number of nitrogens with zero attached hydrogens (tertiary/aromatic N) is 3. The van der Waals surface area contributed by atoms with Gasteiger partial charge in [-0.3, -0.25) is 9.69 Å². The summed E-state index contributed by atoms with van der Waals surface area (Å²) in [5.41, 5.74) is -0.802.